The van der Waals surface area contributed by atoms with Gasteiger partial charge in [-0.2, -0.15) is 0 Å². The summed E-state index contributed by atoms with van der Waals surface area (Å²) in [7, 11) is 1.72. The van der Waals surface area contributed by atoms with Gasteiger partial charge in [0.2, 0.25) is 0 Å². The predicted molar refractivity (Wildman–Crippen MR) is 79.5 cm³/mol. The molecule has 19 heavy (non-hydrogen) atoms. The molecular formula is C16H26N2O. The minimum absolute atomic E-state index is 0.244. The van der Waals surface area contributed by atoms with Gasteiger partial charge in [-0.3, -0.25) is 4.90 Å². The zero-order valence-electron chi connectivity index (χ0n) is 12.4. The normalized spacial score (nSPS) is 24.4. The maximum atomic E-state index is 6.38. The zero-order chi connectivity index (χ0) is 13.8. The molecule has 2 atom stereocenters. The van der Waals surface area contributed by atoms with Gasteiger partial charge in [-0.05, 0) is 56.5 Å². The van der Waals surface area contributed by atoms with E-state index in [-0.39, 0.29) is 6.04 Å². The first-order chi connectivity index (χ1) is 9.17. The zero-order valence-corrected chi connectivity index (χ0v) is 12.4. The smallest absolute Gasteiger partial charge is 0.121 e. The van der Waals surface area contributed by atoms with Crippen LogP contribution in [0.1, 0.15) is 43.4 Å². The fourth-order valence-electron chi connectivity index (χ4n) is 3.18. The van der Waals surface area contributed by atoms with E-state index in [1.807, 2.05) is 0 Å². The van der Waals surface area contributed by atoms with Crippen LogP contribution in [0.2, 0.25) is 0 Å². The molecule has 2 rings (SSSR count). The maximum absolute atomic E-state index is 6.38. The first kappa shape index (κ1) is 14.4. The first-order valence-corrected chi connectivity index (χ1v) is 7.31. The molecule has 1 aliphatic rings. The second-order valence-corrected chi connectivity index (χ2v) is 5.52. The molecule has 1 fully saturated rings. The van der Waals surface area contributed by atoms with Crippen molar-refractivity contribution in [1.29, 1.82) is 0 Å². The molecule has 0 bridgehead atoms. The fraction of sp³-hybridized carbons (Fsp3) is 0.625. The summed E-state index contributed by atoms with van der Waals surface area (Å²) < 4.78 is 5.34. The SMILES string of the molecule is CCCN1CCCC(N)C1c1ccc(OC)c(C)c1. The van der Waals surface area contributed by atoms with Gasteiger partial charge >= 0.3 is 0 Å². The van der Waals surface area contributed by atoms with E-state index in [4.69, 9.17) is 10.5 Å². The molecule has 0 radical (unpaired) electrons. The fourth-order valence-corrected chi connectivity index (χ4v) is 3.18. The number of ether oxygens (including phenoxy) is 1. The van der Waals surface area contributed by atoms with Crippen LogP contribution in [-0.2, 0) is 0 Å². The van der Waals surface area contributed by atoms with Crippen LogP contribution in [-0.4, -0.2) is 31.1 Å². The molecule has 0 aromatic heterocycles. The average molecular weight is 262 g/mol. The Kier molecular flexibility index (Phi) is 4.83. The van der Waals surface area contributed by atoms with Crippen molar-refractivity contribution >= 4 is 0 Å². The number of nitrogens with zero attached hydrogens (tertiary/aromatic N) is 1. The lowest BCUT2D eigenvalue weighted by Crippen LogP contribution is -2.46. The molecule has 1 saturated heterocycles. The number of rotatable bonds is 4. The molecule has 3 nitrogen and oxygen atoms in total. The third-order valence-electron chi connectivity index (χ3n) is 4.05. The van der Waals surface area contributed by atoms with Crippen molar-refractivity contribution in [3.8, 4) is 5.75 Å². The summed E-state index contributed by atoms with van der Waals surface area (Å²) in [6, 6.07) is 7.07. The van der Waals surface area contributed by atoms with Gasteiger partial charge in [0.25, 0.3) is 0 Å². The highest BCUT2D eigenvalue weighted by Crippen LogP contribution is 2.32. The summed E-state index contributed by atoms with van der Waals surface area (Å²) >= 11 is 0. The second-order valence-electron chi connectivity index (χ2n) is 5.52. The number of methoxy groups -OCH3 is 1. The van der Waals surface area contributed by atoms with Gasteiger partial charge in [0.05, 0.1) is 7.11 Å². The van der Waals surface area contributed by atoms with Crippen molar-refractivity contribution in [2.45, 2.75) is 45.2 Å². The van der Waals surface area contributed by atoms with E-state index in [9.17, 15) is 0 Å². The number of hydrogen-bond acceptors (Lipinski definition) is 3. The molecule has 3 heteroatoms. The Balaban J connectivity index is 2.27. The third kappa shape index (κ3) is 3.10. The van der Waals surface area contributed by atoms with E-state index >= 15 is 0 Å². The molecule has 0 aliphatic carbocycles. The van der Waals surface area contributed by atoms with Gasteiger partial charge in [-0.25, -0.2) is 0 Å². The van der Waals surface area contributed by atoms with Crippen molar-refractivity contribution in [1.82, 2.24) is 4.90 Å². The number of nitrogens with two attached hydrogens (primary N) is 1. The highest BCUT2D eigenvalue weighted by molar-refractivity contribution is 5.38. The number of aryl methyl sites for hydroxylation is 1. The van der Waals surface area contributed by atoms with E-state index in [0.717, 1.165) is 25.3 Å². The molecule has 0 spiro atoms. The summed E-state index contributed by atoms with van der Waals surface area (Å²) in [5, 5.41) is 0. The predicted octanol–water partition coefficient (Wildman–Crippen LogP) is 2.88. The highest BCUT2D eigenvalue weighted by Gasteiger charge is 2.29. The quantitative estimate of drug-likeness (QED) is 0.906. The summed E-state index contributed by atoms with van der Waals surface area (Å²) in [5.74, 6) is 0.954. The summed E-state index contributed by atoms with van der Waals surface area (Å²) in [6.45, 7) is 6.62. The molecular weight excluding hydrogens is 236 g/mol. The van der Waals surface area contributed by atoms with Crippen molar-refractivity contribution in [2.75, 3.05) is 20.2 Å². The van der Waals surface area contributed by atoms with Gasteiger partial charge in [-0.15, -0.1) is 0 Å². The van der Waals surface area contributed by atoms with Gasteiger partial charge in [0, 0.05) is 12.1 Å². The van der Waals surface area contributed by atoms with Crippen LogP contribution in [0, 0.1) is 6.92 Å². The molecule has 2 unspecified atom stereocenters. The lowest BCUT2D eigenvalue weighted by Gasteiger charge is -2.40. The van der Waals surface area contributed by atoms with Gasteiger partial charge < -0.3 is 10.5 Å². The number of likely N-dealkylation sites (tertiary alicyclic amines) is 1. The molecule has 1 heterocycles. The Morgan fingerprint density at radius 2 is 2.21 bits per heavy atom. The van der Waals surface area contributed by atoms with Gasteiger partial charge in [-0.1, -0.05) is 19.1 Å². The van der Waals surface area contributed by atoms with Crippen molar-refractivity contribution in [2.24, 2.45) is 5.73 Å². The summed E-state index contributed by atoms with van der Waals surface area (Å²) in [5.41, 5.74) is 8.90. The van der Waals surface area contributed by atoms with Crippen molar-refractivity contribution in [3.63, 3.8) is 0 Å². The monoisotopic (exact) mass is 262 g/mol. The highest BCUT2D eigenvalue weighted by atomic mass is 16.5. The first-order valence-electron chi connectivity index (χ1n) is 7.31. The molecule has 1 aliphatic heterocycles. The second kappa shape index (κ2) is 6.40. The molecule has 0 amide bonds. The number of benzene rings is 1. The lowest BCUT2D eigenvalue weighted by atomic mass is 9.90. The Morgan fingerprint density at radius 1 is 1.42 bits per heavy atom. The Morgan fingerprint density at radius 3 is 2.84 bits per heavy atom. The Labute approximate surface area is 116 Å². The lowest BCUT2D eigenvalue weighted by molar-refractivity contribution is 0.128. The van der Waals surface area contributed by atoms with Crippen LogP contribution in [0.25, 0.3) is 0 Å². The van der Waals surface area contributed by atoms with Crippen LogP contribution in [0.15, 0.2) is 18.2 Å². The Bertz CT molecular complexity index is 417. The number of piperidine rings is 1. The molecule has 106 valence electrons. The van der Waals surface area contributed by atoms with Crippen molar-refractivity contribution in [3.05, 3.63) is 29.3 Å². The molecule has 0 saturated carbocycles. The summed E-state index contributed by atoms with van der Waals surface area (Å²) in [6.07, 6.45) is 3.51. The minimum atomic E-state index is 0.244. The standard InChI is InChI=1S/C16H26N2O/c1-4-9-18-10-5-6-14(17)16(18)13-7-8-15(19-3)12(2)11-13/h7-8,11,14,16H,4-6,9-10,17H2,1-3H3. The molecule has 2 N–H and O–H groups in total. The third-order valence-corrected chi connectivity index (χ3v) is 4.05. The van der Waals surface area contributed by atoms with E-state index in [1.165, 1.54) is 24.0 Å². The molecule has 1 aromatic carbocycles. The maximum Gasteiger partial charge on any atom is 0.121 e. The van der Waals surface area contributed by atoms with Gasteiger partial charge in [0.15, 0.2) is 0 Å². The Hall–Kier alpha value is -1.06. The number of hydrogen-bond donors (Lipinski definition) is 1. The van der Waals surface area contributed by atoms with Crippen LogP contribution >= 0.6 is 0 Å². The van der Waals surface area contributed by atoms with Crippen molar-refractivity contribution < 1.29 is 4.74 Å². The topological polar surface area (TPSA) is 38.5 Å². The van der Waals surface area contributed by atoms with E-state index < -0.39 is 0 Å². The van der Waals surface area contributed by atoms with Crippen LogP contribution in [0.4, 0.5) is 0 Å². The largest absolute Gasteiger partial charge is 0.496 e. The van der Waals surface area contributed by atoms with E-state index in [2.05, 4.69) is 36.9 Å². The molecule has 1 aromatic rings. The van der Waals surface area contributed by atoms with Gasteiger partial charge in [0.1, 0.15) is 5.75 Å². The minimum Gasteiger partial charge on any atom is -0.496 e. The summed E-state index contributed by atoms with van der Waals surface area (Å²) in [4.78, 5) is 2.54. The average Bonchev–Trinajstić information content (AvgIpc) is 2.39. The van der Waals surface area contributed by atoms with Crippen LogP contribution in [0.3, 0.4) is 0 Å². The van der Waals surface area contributed by atoms with Crippen LogP contribution < -0.4 is 10.5 Å². The van der Waals surface area contributed by atoms with E-state index in [0.29, 0.717) is 6.04 Å². The van der Waals surface area contributed by atoms with E-state index in [1.54, 1.807) is 7.11 Å². The van der Waals surface area contributed by atoms with Crippen LogP contribution in [0.5, 0.6) is 5.75 Å².